The summed E-state index contributed by atoms with van der Waals surface area (Å²) in [6.45, 7) is 0. The normalized spacial score (nSPS) is 12.1. The molecule has 2 aromatic heterocycles. The minimum Gasteiger partial charge on any atom is -0.325 e. The number of nitrogens with one attached hydrogen (secondary N) is 1. The molecular weight excluding hydrogens is 448 g/mol. The van der Waals surface area contributed by atoms with Crippen LogP contribution < -0.4 is 5.32 Å². The maximum absolute atomic E-state index is 12.9. The van der Waals surface area contributed by atoms with E-state index in [-0.39, 0.29) is 11.8 Å². The molecule has 0 fully saturated rings. The summed E-state index contributed by atoms with van der Waals surface area (Å²) >= 11 is 0.914. The van der Waals surface area contributed by atoms with E-state index in [0.717, 1.165) is 11.8 Å². The number of halogens is 6. The molecule has 0 aliphatic carbocycles. The molecule has 31 heavy (non-hydrogen) atoms. The Hall–Kier alpha value is -3.09. The number of amides is 1. The first kappa shape index (κ1) is 22.6. The fourth-order valence-electron chi connectivity index (χ4n) is 2.51. The fraction of sp³-hybridized carbons (Fsp3) is 0.222. The summed E-state index contributed by atoms with van der Waals surface area (Å²) in [5.41, 5.74) is -3.10. The minimum absolute atomic E-state index is 0.0108. The first-order chi connectivity index (χ1) is 14.4. The van der Waals surface area contributed by atoms with Crippen molar-refractivity contribution < 1.29 is 31.1 Å². The van der Waals surface area contributed by atoms with Crippen molar-refractivity contribution in [2.24, 2.45) is 7.05 Å². The van der Waals surface area contributed by atoms with Crippen molar-refractivity contribution in [3.8, 4) is 11.5 Å². The van der Waals surface area contributed by atoms with Gasteiger partial charge in [0, 0.05) is 18.9 Å². The van der Waals surface area contributed by atoms with Crippen molar-refractivity contribution in [1.82, 2.24) is 19.7 Å². The molecule has 6 nitrogen and oxygen atoms in total. The minimum atomic E-state index is -5.00. The molecule has 1 N–H and O–H groups in total. The molecule has 13 heteroatoms. The first-order valence-electron chi connectivity index (χ1n) is 8.48. The zero-order valence-electron chi connectivity index (χ0n) is 15.6. The molecule has 1 amide bonds. The molecule has 3 aromatic rings. The van der Waals surface area contributed by atoms with Crippen LogP contribution in [0, 0.1) is 0 Å². The van der Waals surface area contributed by atoms with Crippen LogP contribution in [0.2, 0.25) is 0 Å². The molecule has 1 aromatic carbocycles. The summed E-state index contributed by atoms with van der Waals surface area (Å²) in [5.74, 6) is -0.692. The van der Waals surface area contributed by atoms with Gasteiger partial charge in [-0.3, -0.25) is 9.78 Å². The number of thioether (sulfide) groups is 1. The second-order valence-electron chi connectivity index (χ2n) is 6.21. The molecule has 0 radical (unpaired) electrons. The molecule has 0 aliphatic rings. The van der Waals surface area contributed by atoms with Crippen LogP contribution >= 0.6 is 11.8 Å². The zero-order valence-corrected chi connectivity index (χ0v) is 16.4. The second kappa shape index (κ2) is 8.57. The van der Waals surface area contributed by atoms with Crippen LogP contribution in [0.5, 0.6) is 0 Å². The van der Waals surface area contributed by atoms with Crippen LogP contribution in [0.15, 0.2) is 47.8 Å². The van der Waals surface area contributed by atoms with Crippen LogP contribution in [0.4, 0.5) is 32.0 Å². The molecule has 164 valence electrons. The highest BCUT2D eigenvalue weighted by molar-refractivity contribution is 7.99. The van der Waals surface area contributed by atoms with Crippen LogP contribution in [-0.2, 0) is 24.2 Å². The molecule has 2 heterocycles. The van der Waals surface area contributed by atoms with Gasteiger partial charge in [0.25, 0.3) is 0 Å². The Balaban J connectivity index is 1.72. The summed E-state index contributed by atoms with van der Waals surface area (Å²) in [7, 11) is 1.63. The van der Waals surface area contributed by atoms with Gasteiger partial charge in [-0.1, -0.05) is 17.8 Å². The van der Waals surface area contributed by atoms with Crippen molar-refractivity contribution in [3.63, 3.8) is 0 Å². The SMILES string of the molecule is Cn1c(SCC(=O)Nc2cc(C(F)(F)F)cc(C(F)(F)F)c2)nnc1-c1ccccn1. The monoisotopic (exact) mass is 461 g/mol. The predicted octanol–water partition coefficient (Wildman–Crippen LogP) is 4.65. The van der Waals surface area contributed by atoms with Gasteiger partial charge in [-0.25, -0.2) is 0 Å². The lowest BCUT2D eigenvalue weighted by Crippen LogP contribution is -2.17. The number of alkyl halides is 6. The number of carbonyl (C=O) groups excluding carboxylic acids is 1. The first-order valence-corrected chi connectivity index (χ1v) is 9.46. The zero-order chi connectivity index (χ0) is 22.8. The van der Waals surface area contributed by atoms with E-state index < -0.39 is 35.1 Å². The van der Waals surface area contributed by atoms with Crippen molar-refractivity contribution >= 4 is 23.4 Å². The average molecular weight is 461 g/mol. The van der Waals surface area contributed by atoms with Crippen LogP contribution in [-0.4, -0.2) is 31.4 Å². The Labute approximate surface area is 175 Å². The number of carbonyl (C=O) groups is 1. The highest BCUT2D eigenvalue weighted by Gasteiger charge is 2.37. The van der Waals surface area contributed by atoms with E-state index in [9.17, 15) is 31.1 Å². The third-order valence-corrected chi connectivity index (χ3v) is 4.95. The Morgan fingerprint density at radius 2 is 1.68 bits per heavy atom. The Kier molecular flexibility index (Phi) is 6.25. The van der Waals surface area contributed by atoms with Crippen LogP contribution in [0.25, 0.3) is 11.5 Å². The number of rotatable bonds is 5. The van der Waals surface area contributed by atoms with Gasteiger partial charge in [0.15, 0.2) is 11.0 Å². The third kappa shape index (κ3) is 5.54. The lowest BCUT2D eigenvalue weighted by Gasteiger charge is -2.14. The summed E-state index contributed by atoms with van der Waals surface area (Å²) in [6, 6.07) is 6.05. The molecule has 0 bridgehead atoms. The Morgan fingerprint density at radius 1 is 1.03 bits per heavy atom. The summed E-state index contributed by atoms with van der Waals surface area (Å²) in [6.07, 6.45) is -8.44. The van der Waals surface area contributed by atoms with E-state index in [1.165, 1.54) is 0 Å². The molecule has 0 aliphatic heterocycles. The van der Waals surface area contributed by atoms with E-state index in [0.29, 0.717) is 28.8 Å². The van der Waals surface area contributed by atoms with Gasteiger partial charge in [-0.15, -0.1) is 10.2 Å². The van der Waals surface area contributed by atoms with E-state index >= 15 is 0 Å². The summed E-state index contributed by atoms with van der Waals surface area (Å²) < 4.78 is 79.1. The molecule has 0 unspecified atom stereocenters. The van der Waals surface area contributed by atoms with Gasteiger partial charge in [0.1, 0.15) is 5.69 Å². The van der Waals surface area contributed by atoms with Gasteiger partial charge in [-0.2, -0.15) is 26.3 Å². The highest BCUT2D eigenvalue weighted by atomic mass is 32.2. The Morgan fingerprint density at radius 3 is 2.23 bits per heavy atom. The van der Waals surface area contributed by atoms with Gasteiger partial charge in [0.2, 0.25) is 5.91 Å². The molecule has 3 rings (SSSR count). The van der Waals surface area contributed by atoms with Gasteiger partial charge < -0.3 is 9.88 Å². The molecule has 0 saturated heterocycles. The van der Waals surface area contributed by atoms with Crippen LogP contribution in [0.1, 0.15) is 11.1 Å². The number of hydrogen-bond donors (Lipinski definition) is 1. The molecular formula is C18H13F6N5OS. The van der Waals surface area contributed by atoms with E-state index in [4.69, 9.17) is 0 Å². The predicted molar refractivity (Wildman–Crippen MR) is 100 cm³/mol. The number of nitrogens with zero attached hydrogens (tertiary/aromatic N) is 4. The molecule has 0 spiro atoms. The van der Waals surface area contributed by atoms with Crippen molar-refractivity contribution in [2.45, 2.75) is 17.5 Å². The standard InChI is InChI=1S/C18H13F6N5OS/c1-29-15(13-4-2-3-5-25-13)27-28-16(29)31-9-14(30)26-12-7-10(17(19,20)21)6-11(8-12)18(22,23)24/h2-8H,9H2,1H3,(H,26,30). The average Bonchev–Trinajstić information content (AvgIpc) is 3.06. The largest absolute Gasteiger partial charge is 0.416 e. The van der Waals surface area contributed by atoms with E-state index in [2.05, 4.69) is 20.5 Å². The smallest absolute Gasteiger partial charge is 0.325 e. The van der Waals surface area contributed by atoms with Gasteiger partial charge in [0.05, 0.1) is 16.9 Å². The van der Waals surface area contributed by atoms with E-state index in [1.807, 2.05) is 0 Å². The molecule has 0 atom stereocenters. The number of pyridine rings is 1. The lowest BCUT2D eigenvalue weighted by atomic mass is 10.1. The van der Waals surface area contributed by atoms with Crippen molar-refractivity contribution in [1.29, 1.82) is 0 Å². The van der Waals surface area contributed by atoms with Gasteiger partial charge in [-0.05, 0) is 30.3 Å². The maximum atomic E-state index is 12.9. The number of hydrogen-bond acceptors (Lipinski definition) is 5. The van der Waals surface area contributed by atoms with Gasteiger partial charge >= 0.3 is 12.4 Å². The second-order valence-corrected chi connectivity index (χ2v) is 7.15. The van der Waals surface area contributed by atoms with Crippen molar-refractivity contribution in [2.75, 3.05) is 11.1 Å². The van der Waals surface area contributed by atoms with Crippen LogP contribution in [0.3, 0.4) is 0 Å². The van der Waals surface area contributed by atoms with E-state index in [1.54, 1.807) is 36.0 Å². The summed E-state index contributed by atoms with van der Waals surface area (Å²) in [5, 5.41) is 10.3. The summed E-state index contributed by atoms with van der Waals surface area (Å²) in [4.78, 5) is 16.3. The fourth-order valence-corrected chi connectivity index (χ4v) is 3.22. The molecule has 0 saturated carbocycles. The van der Waals surface area contributed by atoms with Crippen molar-refractivity contribution in [3.05, 3.63) is 53.7 Å². The lowest BCUT2D eigenvalue weighted by molar-refractivity contribution is -0.143. The number of anilines is 1. The highest BCUT2D eigenvalue weighted by Crippen LogP contribution is 2.37. The number of benzene rings is 1. The Bertz CT molecular complexity index is 1050. The quantitative estimate of drug-likeness (QED) is 0.443. The topological polar surface area (TPSA) is 72.7 Å². The number of aromatic nitrogens is 4. The maximum Gasteiger partial charge on any atom is 0.416 e. The third-order valence-electron chi connectivity index (χ3n) is 3.93.